The number of rotatable bonds is 7. The summed E-state index contributed by atoms with van der Waals surface area (Å²) in [7, 11) is 0. The zero-order valence-electron chi connectivity index (χ0n) is 14.0. The highest BCUT2D eigenvalue weighted by atomic mass is 32.2. The molecule has 23 heavy (non-hydrogen) atoms. The lowest BCUT2D eigenvalue weighted by molar-refractivity contribution is 0.102. The third-order valence-corrected chi connectivity index (χ3v) is 4.61. The van der Waals surface area contributed by atoms with E-state index in [2.05, 4.69) is 24.1 Å². The fourth-order valence-electron chi connectivity index (χ4n) is 2.34. The molecule has 0 heterocycles. The number of hydrogen-bond acceptors (Lipinski definition) is 3. The lowest BCUT2D eigenvalue weighted by atomic mass is 10.1. The Bertz CT molecular complexity index is 619. The number of carbonyl (C=O) groups excluding carboxylic acids is 1. The van der Waals surface area contributed by atoms with Gasteiger partial charge in [0.05, 0.1) is 0 Å². The van der Waals surface area contributed by atoms with Gasteiger partial charge in [-0.1, -0.05) is 26.0 Å². The van der Waals surface area contributed by atoms with Crippen molar-refractivity contribution in [3.05, 3.63) is 59.7 Å². The molecular formula is C19H24N2OS. The molecule has 1 N–H and O–H groups in total. The summed E-state index contributed by atoms with van der Waals surface area (Å²) in [5, 5.41) is 2.93. The highest BCUT2D eigenvalue weighted by Crippen LogP contribution is 2.18. The van der Waals surface area contributed by atoms with E-state index in [9.17, 15) is 4.79 Å². The van der Waals surface area contributed by atoms with Gasteiger partial charge >= 0.3 is 0 Å². The van der Waals surface area contributed by atoms with Crippen LogP contribution in [0.15, 0.2) is 53.4 Å². The minimum atomic E-state index is -0.0729. The molecule has 3 nitrogen and oxygen atoms in total. The quantitative estimate of drug-likeness (QED) is 0.759. The van der Waals surface area contributed by atoms with Gasteiger partial charge in [-0.3, -0.25) is 9.69 Å². The van der Waals surface area contributed by atoms with Crippen LogP contribution in [0.25, 0.3) is 0 Å². The predicted molar refractivity (Wildman–Crippen MR) is 99.2 cm³/mol. The third kappa shape index (κ3) is 5.12. The fourth-order valence-corrected chi connectivity index (χ4v) is 2.75. The van der Waals surface area contributed by atoms with Crippen molar-refractivity contribution in [2.45, 2.75) is 25.3 Å². The van der Waals surface area contributed by atoms with Crippen LogP contribution in [0.5, 0.6) is 0 Å². The van der Waals surface area contributed by atoms with Crippen LogP contribution in [0.1, 0.15) is 29.8 Å². The molecule has 2 aromatic rings. The number of hydrogen-bond donors (Lipinski definition) is 1. The number of carbonyl (C=O) groups is 1. The Morgan fingerprint density at radius 2 is 1.61 bits per heavy atom. The second kappa shape index (κ2) is 8.75. The minimum absolute atomic E-state index is 0.0729. The van der Waals surface area contributed by atoms with Crippen LogP contribution in [0, 0.1) is 0 Å². The summed E-state index contributed by atoms with van der Waals surface area (Å²) in [6.07, 6.45) is 2.04. The molecule has 0 spiro atoms. The van der Waals surface area contributed by atoms with Crippen molar-refractivity contribution >= 4 is 23.4 Å². The van der Waals surface area contributed by atoms with Crippen molar-refractivity contribution in [1.82, 2.24) is 4.90 Å². The van der Waals surface area contributed by atoms with E-state index in [0.29, 0.717) is 5.56 Å². The Morgan fingerprint density at radius 1 is 1.00 bits per heavy atom. The van der Waals surface area contributed by atoms with Gasteiger partial charge in [0.1, 0.15) is 0 Å². The molecular weight excluding hydrogens is 304 g/mol. The van der Waals surface area contributed by atoms with Crippen molar-refractivity contribution in [3.8, 4) is 0 Å². The topological polar surface area (TPSA) is 32.3 Å². The first kappa shape index (κ1) is 17.6. The van der Waals surface area contributed by atoms with E-state index in [1.165, 1.54) is 10.5 Å². The van der Waals surface area contributed by atoms with Gasteiger partial charge in [0.15, 0.2) is 0 Å². The number of benzene rings is 2. The first-order chi connectivity index (χ1) is 11.2. The smallest absolute Gasteiger partial charge is 0.255 e. The van der Waals surface area contributed by atoms with E-state index < -0.39 is 0 Å². The molecule has 0 saturated carbocycles. The van der Waals surface area contributed by atoms with Crippen LogP contribution in [0.3, 0.4) is 0 Å². The molecule has 0 aliphatic heterocycles. The minimum Gasteiger partial charge on any atom is -0.322 e. The van der Waals surface area contributed by atoms with Crippen LogP contribution in [-0.2, 0) is 6.54 Å². The zero-order chi connectivity index (χ0) is 16.7. The molecule has 0 saturated heterocycles. The molecule has 4 heteroatoms. The summed E-state index contributed by atoms with van der Waals surface area (Å²) in [5.74, 6) is -0.0729. The standard InChI is InChI=1S/C19H24N2OS/c1-4-21(5-2)14-15-6-8-16(9-7-15)19(22)20-17-10-12-18(23-3)13-11-17/h6-13H,4-5,14H2,1-3H3,(H,20,22). The van der Waals surface area contributed by atoms with Gasteiger partial charge in [0, 0.05) is 22.7 Å². The molecule has 0 radical (unpaired) electrons. The average Bonchev–Trinajstić information content (AvgIpc) is 2.60. The maximum absolute atomic E-state index is 12.3. The second-order valence-electron chi connectivity index (χ2n) is 5.34. The monoisotopic (exact) mass is 328 g/mol. The lowest BCUT2D eigenvalue weighted by Crippen LogP contribution is -2.22. The summed E-state index contributed by atoms with van der Waals surface area (Å²) in [6.45, 7) is 7.31. The first-order valence-corrected chi connectivity index (χ1v) is 9.15. The van der Waals surface area contributed by atoms with E-state index in [1.54, 1.807) is 11.8 Å². The highest BCUT2D eigenvalue weighted by molar-refractivity contribution is 7.98. The normalized spacial score (nSPS) is 10.8. The van der Waals surface area contributed by atoms with E-state index in [-0.39, 0.29) is 5.91 Å². The lowest BCUT2D eigenvalue weighted by Gasteiger charge is -2.18. The number of amides is 1. The molecule has 0 atom stereocenters. The molecule has 0 aliphatic rings. The summed E-state index contributed by atoms with van der Waals surface area (Å²) in [4.78, 5) is 15.8. The van der Waals surface area contributed by atoms with Crippen LogP contribution < -0.4 is 5.32 Å². The van der Waals surface area contributed by atoms with E-state index in [4.69, 9.17) is 0 Å². The van der Waals surface area contributed by atoms with Crippen LogP contribution in [-0.4, -0.2) is 30.2 Å². The number of thioether (sulfide) groups is 1. The molecule has 2 rings (SSSR count). The summed E-state index contributed by atoms with van der Waals surface area (Å²) in [5.41, 5.74) is 2.73. The SMILES string of the molecule is CCN(CC)Cc1ccc(C(=O)Nc2ccc(SC)cc2)cc1. The Morgan fingerprint density at radius 3 is 2.13 bits per heavy atom. The van der Waals surface area contributed by atoms with Crippen LogP contribution in [0.4, 0.5) is 5.69 Å². The van der Waals surface area contributed by atoms with Gasteiger partial charge in [0.25, 0.3) is 5.91 Å². The number of anilines is 1. The maximum atomic E-state index is 12.3. The van der Waals surface area contributed by atoms with Crippen LogP contribution in [0.2, 0.25) is 0 Å². The molecule has 0 fully saturated rings. The van der Waals surface area contributed by atoms with Gasteiger partial charge in [-0.25, -0.2) is 0 Å². The highest BCUT2D eigenvalue weighted by Gasteiger charge is 2.07. The van der Waals surface area contributed by atoms with Gasteiger partial charge in [-0.15, -0.1) is 11.8 Å². The fraction of sp³-hybridized carbons (Fsp3) is 0.316. The van der Waals surface area contributed by atoms with Gasteiger partial charge in [-0.2, -0.15) is 0 Å². The summed E-state index contributed by atoms with van der Waals surface area (Å²) >= 11 is 1.69. The van der Waals surface area contributed by atoms with Crippen LogP contribution >= 0.6 is 11.8 Å². The Balaban J connectivity index is 1.99. The molecule has 2 aromatic carbocycles. The largest absolute Gasteiger partial charge is 0.322 e. The predicted octanol–water partition coefficient (Wildman–Crippen LogP) is 4.50. The Hall–Kier alpha value is -1.78. The van der Waals surface area contributed by atoms with E-state index in [1.807, 2.05) is 54.8 Å². The van der Waals surface area contributed by atoms with Gasteiger partial charge in [0.2, 0.25) is 0 Å². The van der Waals surface area contributed by atoms with E-state index in [0.717, 1.165) is 25.3 Å². The Kier molecular flexibility index (Phi) is 6.68. The van der Waals surface area contributed by atoms with Crippen molar-refractivity contribution in [2.75, 3.05) is 24.7 Å². The zero-order valence-corrected chi connectivity index (χ0v) is 14.8. The van der Waals surface area contributed by atoms with Gasteiger partial charge in [-0.05, 0) is 61.3 Å². The summed E-state index contributed by atoms with van der Waals surface area (Å²) in [6, 6.07) is 15.7. The Labute approximate surface area is 143 Å². The second-order valence-corrected chi connectivity index (χ2v) is 6.22. The molecule has 0 bridgehead atoms. The molecule has 122 valence electrons. The maximum Gasteiger partial charge on any atom is 0.255 e. The third-order valence-electron chi connectivity index (χ3n) is 3.86. The van der Waals surface area contributed by atoms with Crippen molar-refractivity contribution in [3.63, 3.8) is 0 Å². The average molecular weight is 328 g/mol. The number of nitrogens with zero attached hydrogens (tertiary/aromatic N) is 1. The van der Waals surface area contributed by atoms with Gasteiger partial charge < -0.3 is 5.32 Å². The molecule has 0 aromatic heterocycles. The molecule has 0 unspecified atom stereocenters. The number of nitrogens with one attached hydrogen (secondary N) is 1. The van der Waals surface area contributed by atoms with Crippen molar-refractivity contribution in [2.24, 2.45) is 0 Å². The van der Waals surface area contributed by atoms with Crippen molar-refractivity contribution in [1.29, 1.82) is 0 Å². The van der Waals surface area contributed by atoms with Crippen molar-refractivity contribution < 1.29 is 4.79 Å². The first-order valence-electron chi connectivity index (χ1n) is 7.93. The molecule has 1 amide bonds. The summed E-state index contributed by atoms with van der Waals surface area (Å²) < 4.78 is 0. The van der Waals surface area contributed by atoms with E-state index >= 15 is 0 Å². The molecule has 0 aliphatic carbocycles.